The van der Waals surface area contributed by atoms with E-state index in [-0.39, 0.29) is 11.8 Å². The van der Waals surface area contributed by atoms with Gasteiger partial charge in [-0.1, -0.05) is 13.8 Å². The molecule has 1 amide bonds. The molecule has 1 aliphatic heterocycles. The van der Waals surface area contributed by atoms with Crippen molar-refractivity contribution in [1.82, 2.24) is 4.90 Å². The average Bonchev–Trinajstić information content (AvgIpc) is 2.43. The maximum atomic E-state index is 11.4. The van der Waals surface area contributed by atoms with Crippen LogP contribution in [0.25, 0.3) is 0 Å². The highest BCUT2D eigenvalue weighted by atomic mass is 16.2. The molecule has 2 nitrogen and oxygen atoms in total. The molecule has 1 aliphatic rings. The Balaban J connectivity index is 2.36. The summed E-state index contributed by atoms with van der Waals surface area (Å²) in [6.07, 6.45) is 6.91. The van der Waals surface area contributed by atoms with Crippen LogP contribution in [0.3, 0.4) is 0 Å². The third kappa shape index (κ3) is 2.77. The smallest absolute Gasteiger partial charge is 0.223 e. The number of likely N-dealkylation sites (tertiary alicyclic amines) is 1. The third-order valence-electron chi connectivity index (χ3n) is 2.43. The second-order valence-corrected chi connectivity index (χ2v) is 4.09. The van der Waals surface area contributed by atoms with Gasteiger partial charge in [-0.2, -0.15) is 0 Å². The SMILES string of the molecule is C#CC1CC(=O)N(CCC(C)C)C1. The van der Waals surface area contributed by atoms with Crippen LogP contribution < -0.4 is 0 Å². The van der Waals surface area contributed by atoms with Crippen molar-refractivity contribution in [3.8, 4) is 12.3 Å². The molecule has 1 rings (SSSR count). The molecule has 1 saturated heterocycles. The molecule has 72 valence electrons. The molecule has 0 bridgehead atoms. The summed E-state index contributed by atoms with van der Waals surface area (Å²) < 4.78 is 0. The lowest BCUT2D eigenvalue weighted by atomic mass is 10.1. The first-order valence-corrected chi connectivity index (χ1v) is 4.87. The first-order valence-electron chi connectivity index (χ1n) is 4.87. The third-order valence-corrected chi connectivity index (χ3v) is 2.43. The lowest BCUT2D eigenvalue weighted by molar-refractivity contribution is -0.127. The summed E-state index contributed by atoms with van der Waals surface area (Å²) in [4.78, 5) is 13.3. The zero-order valence-corrected chi connectivity index (χ0v) is 8.42. The van der Waals surface area contributed by atoms with Crippen LogP contribution in [0.4, 0.5) is 0 Å². The number of hydrogen-bond acceptors (Lipinski definition) is 1. The average molecular weight is 179 g/mol. The van der Waals surface area contributed by atoms with E-state index in [0.717, 1.165) is 19.5 Å². The zero-order valence-electron chi connectivity index (χ0n) is 8.42. The predicted molar refractivity (Wildman–Crippen MR) is 53.0 cm³/mol. The van der Waals surface area contributed by atoms with Crippen molar-refractivity contribution in [3.05, 3.63) is 0 Å². The standard InChI is InChI=1S/C11H17NO/c1-4-10-7-11(13)12(8-10)6-5-9(2)3/h1,9-10H,5-8H2,2-3H3. The van der Waals surface area contributed by atoms with Crippen molar-refractivity contribution in [1.29, 1.82) is 0 Å². The molecule has 1 heterocycles. The molecule has 13 heavy (non-hydrogen) atoms. The van der Waals surface area contributed by atoms with Gasteiger partial charge in [0.15, 0.2) is 0 Å². The van der Waals surface area contributed by atoms with Crippen molar-refractivity contribution < 1.29 is 4.79 Å². The van der Waals surface area contributed by atoms with Crippen molar-refractivity contribution >= 4 is 5.91 Å². The van der Waals surface area contributed by atoms with Crippen LogP contribution in [0, 0.1) is 24.2 Å². The molecule has 0 saturated carbocycles. The molecule has 0 N–H and O–H groups in total. The molecule has 1 fully saturated rings. The lowest BCUT2D eigenvalue weighted by Crippen LogP contribution is -2.27. The lowest BCUT2D eigenvalue weighted by Gasteiger charge is -2.16. The normalized spacial score (nSPS) is 22.5. The fraction of sp³-hybridized carbons (Fsp3) is 0.727. The molecular formula is C11H17NO. The summed E-state index contributed by atoms with van der Waals surface area (Å²) in [5.74, 6) is 3.68. The Bertz CT molecular complexity index is 227. The predicted octanol–water partition coefficient (Wildman–Crippen LogP) is 1.51. The zero-order chi connectivity index (χ0) is 9.84. The Kier molecular flexibility index (Phi) is 3.36. The maximum absolute atomic E-state index is 11.4. The molecule has 0 aromatic carbocycles. The molecule has 0 spiro atoms. The van der Waals surface area contributed by atoms with Crippen molar-refractivity contribution in [2.24, 2.45) is 11.8 Å². The minimum Gasteiger partial charge on any atom is -0.341 e. The summed E-state index contributed by atoms with van der Waals surface area (Å²) in [6, 6.07) is 0. The van der Waals surface area contributed by atoms with Gasteiger partial charge in [0, 0.05) is 25.4 Å². The van der Waals surface area contributed by atoms with Crippen LogP contribution in [-0.2, 0) is 4.79 Å². The second kappa shape index (κ2) is 4.32. The molecule has 0 radical (unpaired) electrons. The monoisotopic (exact) mass is 179 g/mol. The van der Waals surface area contributed by atoms with Crippen molar-refractivity contribution in [3.63, 3.8) is 0 Å². The summed E-state index contributed by atoms with van der Waals surface area (Å²) in [6.45, 7) is 5.97. The maximum Gasteiger partial charge on any atom is 0.223 e. The quantitative estimate of drug-likeness (QED) is 0.601. The fourth-order valence-electron chi connectivity index (χ4n) is 1.51. The number of terminal acetylenes is 1. The Morgan fingerprint density at radius 3 is 2.85 bits per heavy atom. The van der Waals surface area contributed by atoms with E-state index in [1.807, 2.05) is 4.90 Å². The summed E-state index contributed by atoms with van der Waals surface area (Å²) in [7, 11) is 0. The van der Waals surface area contributed by atoms with Gasteiger partial charge in [0.2, 0.25) is 5.91 Å². The minimum absolute atomic E-state index is 0.152. The fourth-order valence-corrected chi connectivity index (χ4v) is 1.51. The van der Waals surface area contributed by atoms with Crippen molar-refractivity contribution in [2.45, 2.75) is 26.7 Å². The minimum atomic E-state index is 0.152. The Morgan fingerprint density at radius 1 is 1.69 bits per heavy atom. The highest BCUT2D eigenvalue weighted by molar-refractivity contribution is 5.79. The number of carbonyl (C=O) groups excluding carboxylic acids is 1. The number of rotatable bonds is 3. The van der Waals surface area contributed by atoms with Gasteiger partial charge in [0.05, 0.1) is 0 Å². The van der Waals surface area contributed by atoms with E-state index in [4.69, 9.17) is 6.42 Å². The molecule has 1 unspecified atom stereocenters. The van der Waals surface area contributed by atoms with E-state index in [0.29, 0.717) is 12.3 Å². The number of hydrogen-bond donors (Lipinski definition) is 0. The van der Waals surface area contributed by atoms with E-state index in [2.05, 4.69) is 19.8 Å². The second-order valence-electron chi connectivity index (χ2n) is 4.09. The number of amides is 1. The van der Waals surface area contributed by atoms with Crippen LogP contribution >= 0.6 is 0 Å². The van der Waals surface area contributed by atoms with Crippen LogP contribution in [-0.4, -0.2) is 23.9 Å². The largest absolute Gasteiger partial charge is 0.341 e. The molecular weight excluding hydrogens is 162 g/mol. The topological polar surface area (TPSA) is 20.3 Å². The number of carbonyl (C=O) groups is 1. The van der Waals surface area contributed by atoms with Crippen LogP contribution in [0.15, 0.2) is 0 Å². The van der Waals surface area contributed by atoms with Gasteiger partial charge in [-0.15, -0.1) is 12.3 Å². The van der Waals surface area contributed by atoms with Crippen molar-refractivity contribution in [2.75, 3.05) is 13.1 Å². The molecule has 0 aliphatic carbocycles. The highest BCUT2D eigenvalue weighted by Crippen LogP contribution is 2.17. The van der Waals surface area contributed by atoms with Crippen LogP contribution in [0.1, 0.15) is 26.7 Å². The molecule has 1 atom stereocenters. The summed E-state index contributed by atoms with van der Waals surface area (Å²) in [5, 5.41) is 0. The van der Waals surface area contributed by atoms with Gasteiger partial charge in [0.1, 0.15) is 0 Å². The van der Waals surface area contributed by atoms with E-state index in [1.165, 1.54) is 0 Å². The highest BCUT2D eigenvalue weighted by Gasteiger charge is 2.27. The summed E-state index contributed by atoms with van der Waals surface area (Å²) in [5.41, 5.74) is 0. The Labute approximate surface area is 80.3 Å². The van der Waals surface area contributed by atoms with Gasteiger partial charge in [0.25, 0.3) is 0 Å². The van der Waals surface area contributed by atoms with E-state index in [1.54, 1.807) is 0 Å². The van der Waals surface area contributed by atoms with Crippen LogP contribution in [0.2, 0.25) is 0 Å². The van der Waals surface area contributed by atoms with E-state index >= 15 is 0 Å². The van der Waals surface area contributed by atoms with Gasteiger partial charge >= 0.3 is 0 Å². The van der Waals surface area contributed by atoms with Gasteiger partial charge in [-0.3, -0.25) is 4.79 Å². The Hall–Kier alpha value is -0.970. The first kappa shape index (κ1) is 10.1. The first-order chi connectivity index (χ1) is 6.13. The van der Waals surface area contributed by atoms with Gasteiger partial charge in [-0.05, 0) is 12.3 Å². The van der Waals surface area contributed by atoms with E-state index < -0.39 is 0 Å². The molecule has 0 aromatic rings. The van der Waals surface area contributed by atoms with Gasteiger partial charge in [-0.25, -0.2) is 0 Å². The summed E-state index contributed by atoms with van der Waals surface area (Å²) >= 11 is 0. The van der Waals surface area contributed by atoms with E-state index in [9.17, 15) is 4.79 Å². The molecule has 0 aromatic heterocycles. The number of nitrogens with zero attached hydrogens (tertiary/aromatic N) is 1. The molecule has 2 heteroatoms. The Morgan fingerprint density at radius 2 is 2.38 bits per heavy atom. The van der Waals surface area contributed by atoms with Gasteiger partial charge < -0.3 is 4.90 Å². The van der Waals surface area contributed by atoms with Crippen LogP contribution in [0.5, 0.6) is 0 Å².